The number of nitrogens with zero attached hydrogens (tertiary/aromatic N) is 1. The molecule has 4 rings (SSSR count). The number of hydrogen-bond acceptors (Lipinski definition) is 7. The zero-order valence-electron chi connectivity index (χ0n) is 22.8. The van der Waals surface area contributed by atoms with Crippen molar-refractivity contribution in [1.82, 2.24) is 4.90 Å². The van der Waals surface area contributed by atoms with Gasteiger partial charge >= 0.3 is 12.1 Å². The first kappa shape index (κ1) is 28.4. The third-order valence-electron chi connectivity index (χ3n) is 9.40. The number of anilines is 1. The molecule has 0 aromatic heterocycles. The zero-order chi connectivity index (χ0) is 27.5. The molecule has 0 spiro atoms. The maximum absolute atomic E-state index is 13.1. The monoisotopic (exact) mass is 530 g/mol. The molecule has 210 valence electrons. The zero-order valence-corrected chi connectivity index (χ0v) is 22.8. The minimum atomic E-state index is -0.730. The van der Waals surface area contributed by atoms with E-state index >= 15 is 0 Å². The van der Waals surface area contributed by atoms with Crippen molar-refractivity contribution in [3.05, 3.63) is 29.8 Å². The molecule has 1 aromatic rings. The summed E-state index contributed by atoms with van der Waals surface area (Å²) in [6.45, 7) is 7.45. The van der Waals surface area contributed by atoms with Gasteiger partial charge in [-0.25, -0.2) is 9.59 Å². The van der Waals surface area contributed by atoms with Crippen LogP contribution in [0.15, 0.2) is 24.3 Å². The molecule has 3 N–H and O–H groups in total. The molecule has 38 heavy (non-hydrogen) atoms. The second-order valence-corrected chi connectivity index (χ2v) is 11.6. The van der Waals surface area contributed by atoms with E-state index in [1.165, 1.54) is 6.07 Å². The first-order chi connectivity index (χ1) is 18.1. The molecule has 6 atom stereocenters. The van der Waals surface area contributed by atoms with Crippen LogP contribution in [0.2, 0.25) is 0 Å². The molecule has 2 amide bonds. The van der Waals surface area contributed by atoms with Gasteiger partial charge in [-0.2, -0.15) is 0 Å². The van der Waals surface area contributed by atoms with E-state index in [4.69, 9.17) is 9.47 Å². The summed E-state index contributed by atoms with van der Waals surface area (Å²) < 4.78 is 10.9. The van der Waals surface area contributed by atoms with Crippen LogP contribution in [0, 0.1) is 22.7 Å². The molecular formula is C29H42N2O7. The van der Waals surface area contributed by atoms with Crippen LogP contribution < -0.4 is 5.32 Å². The van der Waals surface area contributed by atoms with Crippen molar-refractivity contribution in [1.29, 1.82) is 0 Å². The largest absolute Gasteiger partial charge is 0.462 e. The molecule has 0 unspecified atom stereocenters. The number of carbonyl (C=O) groups excluding carboxylic acids is 3. The van der Waals surface area contributed by atoms with Crippen molar-refractivity contribution >= 4 is 23.7 Å². The Morgan fingerprint density at radius 1 is 1.13 bits per heavy atom. The molecule has 3 aliphatic rings. The van der Waals surface area contributed by atoms with Crippen molar-refractivity contribution in [3.8, 4) is 0 Å². The van der Waals surface area contributed by atoms with Gasteiger partial charge in [0.25, 0.3) is 0 Å². The first-order valence-electron chi connectivity index (χ1n) is 13.9. The molecule has 0 radical (unpaired) electrons. The highest BCUT2D eigenvalue weighted by molar-refractivity contribution is 5.92. The lowest BCUT2D eigenvalue weighted by atomic mass is 9.46. The lowest BCUT2D eigenvalue weighted by Crippen LogP contribution is -2.61. The summed E-state index contributed by atoms with van der Waals surface area (Å²) in [5, 5.41) is 24.3. The fourth-order valence-corrected chi connectivity index (χ4v) is 7.28. The topological polar surface area (TPSA) is 125 Å². The highest BCUT2D eigenvalue weighted by atomic mass is 16.6. The van der Waals surface area contributed by atoms with Crippen LogP contribution >= 0.6 is 0 Å². The van der Waals surface area contributed by atoms with Crippen molar-refractivity contribution in [3.63, 3.8) is 0 Å². The molecule has 3 fully saturated rings. The fraction of sp³-hybridized carbons (Fsp3) is 0.690. The van der Waals surface area contributed by atoms with E-state index < -0.39 is 29.7 Å². The minimum absolute atomic E-state index is 0.0292. The van der Waals surface area contributed by atoms with E-state index in [0.717, 1.165) is 25.9 Å². The number of esters is 1. The molecule has 0 bridgehead atoms. The summed E-state index contributed by atoms with van der Waals surface area (Å²) in [7, 11) is 0. The van der Waals surface area contributed by atoms with E-state index in [2.05, 4.69) is 12.2 Å². The van der Waals surface area contributed by atoms with Gasteiger partial charge in [0.1, 0.15) is 6.10 Å². The molecule has 2 aliphatic carbocycles. The average Bonchev–Trinajstić information content (AvgIpc) is 3.44. The van der Waals surface area contributed by atoms with Gasteiger partial charge in [-0.3, -0.25) is 10.1 Å². The fourth-order valence-electron chi connectivity index (χ4n) is 7.28. The molecule has 1 saturated heterocycles. The Kier molecular flexibility index (Phi) is 8.67. The van der Waals surface area contributed by atoms with Gasteiger partial charge in [-0.15, -0.1) is 0 Å². The maximum atomic E-state index is 13.1. The van der Waals surface area contributed by atoms with Gasteiger partial charge in [0.05, 0.1) is 24.9 Å². The number of aliphatic hydroxyl groups is 2. The van der Waals surface area contributed by atoms with Crippen molar-refractivity contribution in [2.75, 3.05) is 31.6 Å². The van der Waals surface area contributed by atoms with Crippen molar-refractivity contribution in [2.24, 2.45) is 22.7 Å². The van der Waals surface area contributed by atoms with E-state index in [1.807, 2.05) is 11.8 Å². The Morgan fingerprint density at radius 3 is 2.55 bits per heavy atom. The predicted molar refractivity (Wildman–Crippen MR) is 141 cm³/mol. The summed E-state index contributed by atoms with van der Waals surface area (Å²) in [5.41, 5.74) is -0.358. The van der Waals surface area contributed by atoms with Crippen LogP contribution in [0.3, 0.4) is 0 Å². The molecular weight excluding hydrogens is 488 g/mol. The number of ether oxygens (including phenoxy) is 2. The van der Waals surface area contributed by atoms with Crippen LogP contribution in [0.4, 0.5) is 10.5 Å². The first-order valence-corrected chi connectivity index (χ1v) is 13.9. The van der Waals surface area contributed by atoms with Gasteiger partial charge in [0, 0.05) is 30.6 Å². The second-order valence-electron chi connectivity index (χ2n) is 11.6. The van der Waals surface area contributed by atoms with Gasteiger partial charge in [0.15, 0.2) is 0 Å². The smallest absolute Gasteiger partial charge is 0.411 e. The SMILES string of the molecule is CCOC(=O)c1cccc(NC(=O)O[C@@H]2CC[C@]3(C)[C@@H](CC[C@@H](O)[C@H]3CC(=O)N3CCCC3)[C@]2(C)CO)c1. The molecule has 9 nitrogen and oxygen atoms in total. The van der Waals surface area contributed by atoms with Crippen LogP contribution in [-0.2, 0) is 14.3 Å². The number of aliphatic hydroxyl groups excluding tert-OH is 2. The van der Waals surface area contributed by atoms with Crippen LogP contribution in [0.25, 0.3) is 0 Å². The summed E-state index contributed by atoms with van der Waals surface area (Å²) in [6, 6.07) is 6.47. The number of nitrogens with one attached hydrogen (secondary N) is 1. The molecule has 1 heterocycles. The van der Waals surface area contributed by atoms with E-state index in [9.17, 15) is 24.6 Å². The maximum Gasteiger partial charge on any atom is 0.411 e. The number of carbonyl (C=O) groups is 3. The lowest BCUT2D eigenvalue weighted by Gasteiger charge is -2.60. The van der Waals surface area contributed by atoms with Gasteiger partial charge in [-0.1, -0.05) is 19.9 Å². The summed E-state index contributed by atoms with van der Waals surface area (Å²) in [6.07, 6.45) is 3.02. The van der Waals surface area contributed by atoms with E-state index in [0.29, 0.717) is 43.4 Å². The normalized spacial score (nSPS) is 32.8. The number of fused-ring (bicyclic) bond motifs is 1. The lowest BCUT2D eigenvalue weighted by molar-refractivity contribution is -0.186. The van der Waals surface area contributed by atoms with Crippen LogP contribution in [0.1, 0.15) is 76.1 Å². The number of rotatable bonds is 7. The number of amides is 2. The van der Waals surface area contributed by atoms with Gasteiger partial charge in [0.2, 0.25) is 5.91 Å². The number of benzene rings is 1. The Balaban J connectivity index is 1.47. The highest BCUT2D eigenvalue weighted by Gasteiger charge is 2.60. The van der Waals surface area contributed by atoms with Gasteiger partial charge < -0.3 is 24.6 Å². The third-order valence-corrected chi connectivity index (χ3v) is 9.40. The second kappa shape index (κ2) is 11.6. The Morgan fingerprint density at radius 2 is 1.87 bits per heavy atom. The predicted octanol–water partition coefficient (Wildman–Crippen LogP) is 3.98. The number of likely N-dealkylation sites (tertiary alicyclic amines) is 1. The van der Waals surface area contributed by atoms with E-state index in [1.54, 1.807) is 25.1 Å². The molecule has 2 saturated carbocycles. The highest BCUT2D eigenvalue weighted by Crippen LogP contribution is 2.61. The van der Waals surface area contributed by atoms with E-state index in [-0.39, 0.29) is 36.4 Å². The third kappa shape index (κ3) is 5.54. The quantitative estimate of drug-likeness (QED) is 0.455. The van der Waals surface area contributed by atoms with Crippen molar-refractivity contribution in [2.45, 2.75) is 77.9 Å². The molecule has 9 heteroatoms. The number of hydrogen-bond donors (Lipinski definition) is 3. The van der Waals surface area contributed by atoms with Crippen LogP contribution in [-0.4, -0.2) is 71.6 Å². The summed E-state index contributed by atoms with van der Waals surface area (Å²) in [5.74, 6) is -0.609. The van der Waals surface area contributed by atoms with Crippen molar-refractivity contribution < 1.29 is 34.1 Å². The standard InChI is InChI=1S/C29H42N2O7/c1-4-37-26(35)19-8-7-9-20(16-19)30-27(36)38-24-12-13-28(2)21(17-25(34)31-14-5-6-15-31)22(33)10-11-23(28)29(24,3)18-32/h7-9,16,21-24,32-33H,4-6,10-15,17-18H2,1-3H3,(H,30,36)/t21-,22-,23-,24-,28+,29+/m1/s1. The van der Waals surface area contributed by atoms with Gasteiger partial charge in [-0.05, 0) is 80.9 Å². The Bertz CT molecular complexity index is 1030. The summed E-state index contributed by atoms with van der Waals surface area (Å²) >= 11 is 0. The Labute approximate surface area is 224 Å². The molecule has 1 aromatic carbocycles. The average molecular weight is 531 g/mol. The molecule has 1 aliphatic heterocycles. The minimum Gasteiger partial charge on any atom is -0.462 e. The summed E-state index contributed by atoms with van der Waals surface area (Å²) in [4.78, 5) is 39.9. The Hall–Kier alpha value is -2.65. The van der Waals surface area contributed by atoms with Crippen LogP contribution in [0.5, 0.6) is 0 Å².